The second kappa shape index (κ2) is 12.4. The molecule has 1 aromatic rings. The normalized spacial score (nSPS) is 18.3. The van der Waals surface area contributed by atoms with Gasteiger partial charge in [0.05, 0.1) is 12.0 Å². The van der Waals surface area contributed by atoms with Crippen LogP contribution < -0.4 is 21.5 Å². The quantitative estimate of drug-likeness (QED) is 0.401. The van der Waals surface area contributed by atoms with Crippen LogP contribution in [0, 0.1) is 5.82 Å². The van der Waals surface area contributed by atoms with E-state index in [9.17, 15) is 22.4 Å². The van der Waals surface area contributed by atoms with Crippen molar-refractivity contribution in [3.05, 3.63) is 29.6 Å². The molecule has 1 saturated carbocycles. The van der Waals surface area contributed by atoms with E-state index in [1.165, 1.54) is 22.7 Å². The molecule has 1 heterocycles. The lowest BCUT2D eigenvalue weighted by atomic mass is 10.2. The fourth-order valence-corrected chi connectivity index (χ4v) is 3.16. The Bertz CT molecular complexity index is 692. The van der Waals surface area contributed by atoms with Crippen molar-refractivity contribution in [2.24, 2.45) is 11.5 Å². The van der Waals surface area contributed by atoms with Gasteiger partial charge < -0.3 is 31.5 Å². The molecule has 3 rings (SSSR count). The van der Waals surface area contributed by atoms with Crippen LogP contribution >= 0.6 is 11.8 Å². The van der Waals surface area contributed by atoms with E-state index in [2.05, 4.69) is 15.8 Å². The fourth-order valence-electron chi connectivity index (χ4n) is 2.22. The summed E-state index contributed by atoms with van der Waals surface area (Å²) < 4.78 is 52.7. The van der Waals surface area contributed by atoms with Gasteiger partial charge in [0.2, 0.25) is 6.41 Å². The number of hydrogen-bond donors (Lipinski definition) is 4. The number of rotatable bonds is 4. The minimum Gasteiger partial charge on any atom is -0.406 e. The number of nitrogens with one attached hydrogen (secondary N) is 1. The largest absolute Gasteiger partial charge is 0.573 e. The lowest BCUT2D eigenvalue weighted by molar-refractivity contribution is -0.274. The van der Waals surface area contributed by atoms with Crippen LogP contribution in [0.3, 0.4) is 0 Å². The van der Waals surface area contributed by atoms with Gasteiger partial charge in [-0.15, -0.1) is 24.9 Å². The minimum atomic E-state index is -4.79. The number of primary amides is 2. The van der Waals surface area contributed by atoms with E-state index in [0.29, 0.717) is 36.3 Å². The lowest BCUT2D eigenvalue weighted by Gasteiger charge is -2.27. The number of hydrogen-bond acceptors (Lipinski definition) is 6. The van der Waals surface area contributed by atoms with E-state index in [4.69, 9.17) is 15.6 Å². The lowest BCUT2D eigenvalue weighted by Crippen LogP contribution is -2.44. The number of β-amino-alcohol motifs (C(OH)–C–C–N with tert-alkyl or cyclic N) is 1. The first-order valence-corrected chi connectivity index (χ1v) is 9.94. The van der Waals surface area contributed by atoms with Gasteiger partial charge in [-0.05, 0) is 18.9 Å². The predicted molar refractivity (Wildman–Crippen MR) is 103 cm³/mol. The summed E-state index contributed by atoms with van der Waals surface area (Å²) in [5.74, 6) is 0.0703. The van der Waals surface area contributed by atoms with Gasteiger partial charge in [0.15, 0.2) is 0 Å². The Labute approximate surface area is 174 Å². The Morgan fingerprint density at radius 3 is 2.47 bits per heavy atom. The Kier molecular flexibility index (Phi) is 10.7. The third-order valence-electron chi connectivity index (χ3n) is 3.72. The second-order valence-corrected chi connectivity index (χ2v) is 7.31. The van der Waals surface area contributed by atoms with Crippen molar-refractivity contribution in [3.63, 3.8) is 0 Å². The monoisotopic (exact) mass is 456 g/mol. The molecule has 1 atom stereocenters. The fraction of sp³-hybridized carbons (Fsp3) is 0.529. The number of urea groups is 1. The van der Waals surface area contributed by atoms with E-state index in [0.717, 1.165) is 25.0 Å². The maximum atomic E-state index is 13.4. The van der Waals surface area contributed by atoms with Crippen molar-refractivity contribution in [1.82, 2.24) is 10.2 Å². The summed E-state index contributed by atoms with van der Waals surface area (Å²) >= 11 is 1.51. The zero-order valence-electron chi connectivity index (χ0n) is 15.9. The predicted octanol–water partition coefficient (Wildman–Crippen LogP) is 1.51. The van der Waals surface area contributed by atoms with Crippen LogP contribution in [0.25, 0.3) is 0 Å². The molecular weight excluding hydrogens is 432 g/mol. The average molecular weight is 456 g/mol. The van der Waals surface area contributed by atoms with E-state index >= 15 is 0 Å². The van der Waals surface area contributed by atoms with E-state index in [1.54, 1.807) is 0 Å². The van der Waals surface area contributed by atoms with E-state index in [-0.39, 0.29) is 6.41 Å². The highest BCUT2D eigenvalue weighted by atomic mass is 32.2. The minimum absolute atomic E-state index is 0.250. The highest BCUT2D eigenvalue weighted by Gasteiger charge is 2.31. The number of aliphatic hydroxyl groups excluding tert-OH is 1. The van der Waals surface area contributed by atoms with Gasteiger partial charge in [-0.3, -0.25) is 4.79 Å². The van der Waals surface area contributed by atoms with Gasteiger partial charge in [0.1, 0.15) is 11.6 Å². The molecule has 6 N–H and O–H groups in total. The summed E-state index contributed by atoms with van der Waals surface area (Å²) in [6.45, 7) is 0.700. The summed E-state index contributed by atoms with van der Waals surface area (Å²) in [6.07, 6.45) is -2.82. The highest BCUT2D eigenvalue weighted by molar-refractivity contribution is 7.99. The molecule has 2 fully saturated rings. The molecule has 1 saturated heterocycles. The molecule has 0 radical (unpaired) electrons. The molecule has 13 heteroatoms. The molecule has 0 bridgehead atoms. The third kappa shape index (κ3) is 11.1. The average Bonchev–Trinajstić information content (AvgIpc) is 3.45. The Hall–Kier alpha value is -2.25. The number of carbonyl (C=O) groups excluding carboxylic acids is 2. The van der Waals surface area contributed by atoms with Crippen LogP contribution in [0.1, 0.15) is 18.4 Å². The second-order valence-electron chi connectivity index (χ2n) is 6.31. The van der Waals surface area contributed by atoms with Crippen LogP contribution in [-0.4, -0.2) is 59.1 Å². The number of benzene rings is 1. The van der Waals surface area contributed by atoms with Crippen LogP contribution in [-0.2, 0) is 11.3 Å². The van der Waals surface area contributed by atoms with Gasteiger partial charge >= 0.3 is 12.4 Å². The number of nitrogens with two attached hydrogens (primary N) is 2. The van der Waals surface area contributed by atoms with Gasteiger partial charge in [-0.2, -0.15) is 0 Å². The standard InChI is InChI=1S/C11H11F4NO.C5H10N2O2S.CH3NO/c12-10-5-9(17-11(13,14)15)4-1-7(10)6-16-8-2-3-8;6-5(9)7-1-4(8)2-10-3-7;2-1-3/h1,4-5,8,16H,2-3,6H2;4,8H,1-3H2,(H2,6,9);1H,(H2,2,3). The summed E-state index contributed by atoms with van der Waals surface area (Å²) in [7, 11) is 0. The molecule has 8 nitrogen and oxygen atoms in total. The first kappa shape index (κ1) is 25.8. The molecule has 0 spiro atoms. The van der Waals surface area contributed by atoms with Crippen LogP contribution in [0.4, 0.5) is 22.4 Å². The number of nitrogens with zero attached hydrogens (tertiary/aromatic N) is 1. The zero-order chi connectivity index (χ0) is 22.7. The Morgan fingerprint density at radius 2 is 2.03 bits per heavy atom. The number of thioether (sulfide) groups is 1. The van der Waals surface area contributed by atoms with Crippen molar-refractivity contribution in [2.45, 2.75) is 37.9 Å². The molecule has 1 aromatic carbocycles. The Balaban J connectivity index is 0.000000294. The SMILES string of the molecule is Fc1cc(OC(F)(F)F)ccc1CNC1CC1.NC(=O)N1CSCC(O)C1.NC=O. The maximum absolute atomic E-state index is 13.4. The van der Waals surface area contributed by atoms with Gasteiger partial charge in [0.25, 0.3) is 0 Å². The topological polar surface area (TPSA) is 131 Å². The molecule has 1 aliphatic carbocycles. The summed E-state index contributed by atoms with van der Waals surface area (Å²) in [5.41, 5.74) is 9.50. The molecule has 1 unspecified atom stereocenters. The molecule has 1 aliphatic heterocycles. The Morgan fingerprint density at radius 1 is 1.40 bits per heavy atom. The number of alkyl halides is 3. The number of carbonyl (C=O) groups is 2. The molecule has 30 heavy (non-hydrogen) atoms. The van der Waals surface area contributed by atoms with Crippen molar-refractivity contribution in [3.8, 4) is 5.75 Å². The van der Waals surface area contributed by atoms with Crippen molar-refractivity contribution in [2.75, 3.05) is 18.2 Å². The van der Waals surface area contributed by atoms with Crippen LogP contribution in [0.5, 0.6) is 5.75 Å². The first-order chi connectivity index (χ1) is 14.1. The number of aliphatic hydroxyl groups is 1. The summed E-state index contributed by atoms with van der Waals surface area (Å²) in [4.78, 5) is 20.5. The van der Waals surface area contributed by atoms with E-state index in [1.807, 2.05) is 0 Å². The number of ether oxygens (including phenoxy) is 1. The van der Waals surface area contributed by atoms with Crippen molar-refractivity contribution >= 4 is 24.2 Å². The van der Waals surface area contributed by atoms with Crippen molar-refractivity contribution < 1.29 is 37.0 Å². The molecule has 0 aromatic heterocycles. The molecule has 170 valence electrons. The van der Waals surface area contributed by atoms with E-state index < -0.39 is 30.1 Å². The molecule has 3 amide bonds. The van der Waals surface area contributed by atoms with Gasteiger partial charge in [-0.1, -0.05) is 6.07 Å². The third-order valence-corrected chi connectivity index (χ3v) is 4.83. The van der Waals surface area contributed by atoms with Crippen LogP contribution in [0.2, 0.25) is 0 Å². The number of amides is 3. The number of halogens is 4. The smallest absolute Gasteiger partial charge is 0.406 e. The van der Waals surface area contributed by atoms with Crippen molar-refractivity contribution in [1.29, 1.82) is 0 Å². The maximum Gasteiger partial charge on any atom is 0.573 e. The highest BCUT2D eigenvalue weighted by Crippen LogP contribution is 2.25. The summed E-state index contributed by atoms with van der Waals surface area (Å²) in [5, 5.41) is 12.1. The van der Waals surface area contributed by atoms with Crippen LogP contribution in [0.15, 0.2) is 18.2 Å². The zero-order valence-corrected chi connectivity index (χ0v) is 16.7. The molecular formula is C17H24F4N4O4S. The summed E-state index contributed by atoms with van der Waals surface area (Å²) in [6, 6.07) is 3.12. The first-order valence-electron chi connectivity index (χ1n) is 8.78. The van der Waals surface area contributed by atoms with Gasteiger partial charge in [-0.25, -0.2) is 9.18 Å². The molecule has 2 aliphatic rings. The van der Waals surface area contributed by atoms with Gasteiger partial charge in [0, 0.05) is 36.5 Å².